The predicted octanol–water partition coefficient (Wildman–Crippen LogP) is 1.49. The Morgan fingerprint density at radius 3 is 2.54 bits per heavy atom. The number of hydrogen-bond acceptors (Lipinski definition) is 3. The molecule has 13 heavy (non-hydrogen) atoms. The Kier molecular flexibility index (Phi) is 3.31. The highest BCUT2D eigenvalue weighted by molar-refractivity contribution is 5.78. The number of esters is 1. The summed E-state index contributed by atoms with van der Waals surface area (Å²) < 4.78 is 5.20. The van der Waals surface area contributed by atoms with Crippen LogP contribution in [0, 0.1) is 5.41 Å². The van der Waals surface area contributed by atoms with Crippen LogP contribution in [0.1, 0.15) is 39.5 Å². The number of cyclic esters (lactones) is 1. The summed E-state index contributed by atoms with van der Waals surface area (Å²) in [7, 11) is 0. The third kappa shape index (κ3) is 1.85. The van der Waals surface area contributed by atoms with E-state index in [1.807, 2.05) is 13.8 Å². The summed E-state index contributed by atoms with van der Waals surface area (Å²) in [4.78, 5) is 11.5. The molecule has 0 amide bonds. The van der Waals surface area contributed by atoms with Gasteiger partial charge in [-0.2, -0.15) is 0 Å². The lowest BCUT2D eigenvalue weighted by Gasteiger charge is -2.19. The minimum atomic E-state index is -0.264. The summed E-state index contributed by atoms with van der Waals surface area (Å²) in [6.45, 7) is 4.14. The first-order valence-corrected chi connectivity index (χ1v) is 5.00. The zero-order valence-corrected chi connectivity index (χ0v) is 8.38. The highest BCUT2D eigenvalue weighted by Gasteiger charge is 2.45. The maximum Gasteiger partial charge on any atom is 0.312 e. The molecular weight excluding hydrogens is 168 g/mol. The quantitative estimate of drug-likeness (QED) is 0.677. The molecule has 0 aliphatic carbocycles. The van der Waals surface area contributed by atoms with Gasteiger partial charge in [0.15, 0.2) is 0 Å². The largest absolute Gasteiger partial charge is 0.462 e. The Morgan fingerprint density at radius 1 is 1.54 bits per heavy atom. The van der Waals surface area contributed by atoms with Gasteiger partial charge in [0.05, 0.1) is 5.41 Å². The number of carbonyl (C=O) groups excluding carboxylic acids is 1. The normalized spacial score (nSPS) is 26.1. The van der Waals surface area contributed by atoms with E-state index in [1.165, 1.54) is 0 Å². The van der Waals surface area contributed by atoms with Crippen molar-refractivity contribution in [2.45, 2.75) is 45.6 Å². The Morgan fingerprint density at radius 2 is 2.15 bits per heavy atom. The van der Waals surface area contributed by atoms with Crippen molar-refractivity contribution in [1.82, 2.24) is 0 Å². The molecule has 3 heteroatoms. The predicted molar refractivity (Wildman–Crippen MR) is 49.2 cm³/mol. The molecule has 1 saturated heterocycles. The van der Waals surface area contributed by atoms with Gasteiger partial charge < -0.3 is 9.84 Å². The summed E-state index contributed by atoms with van der Waals surface area (Å²) in [5, 5.41) is 8.74. The second-order valence-corrected chi connectivity index (χ2v) is 3.73. The van der Waals surface area contributed by atoms with Crippen LogP contribution in [0.15, 0.2) is 0 Å². The monoisotopic (exact) mass is 186 g/mol. The van der Waals surface area contributed by atoms with Crippen LogP contribution in [-0.4, -0.2) is 23.8 Å². The highest BCUT2D eigenvalue weighted by atomic mass is 16.6. The number of hydrogen-bond donors (Lipinski definition) is 1. The molecule has 1 rings (SSSR count). The molecule has 0 spiro atoms. The van der Waals surface area contributed by atoms with Crippen LogP contribution in [0.2, 0.25) is 0 Å². The first-order valence-electron chi connectivity index (χ1n) is 5.00. The minimum absolute atomic E-state index is 0.0580. The van der Waals surface area contributed by atoms with Gasteiger partial charge in [0, 0.05) is 19.4 Å². The van der Waals surface area contributed by atoms with Crippen LogP contribution in [0.25, 0.3) is 0 Å². The second-order valence-electron chi connectivity index (χ2n) is 3.73. The van der Waals surface area contributed by atoms with Crippen molar-refractivity contribution in [2.75, 3.05) is 6.61 Å². The smallest absolute Gasteiger partial charge is 0.312 e. The fraction of sp³-hybridized carbons (Fsp3) is 0.900. The van der Waals surface area contributed by atoms with Crippen molar-refractivity contribution in [3.05, 3.63) is 0 Å². The molecule has 3 nitrogen and oxygen atoms in total. The van der Waals surface area contributed by atoms with Gasteiger partial charge in [0.2, 0.25) is 0 Å². The summed E-state index contributed by atoms with van der Waals surface area (Å²) in [5.41, 5.74) is -0.264. The Balaban J connectivity index is 2.63. The maximum absolute atomic E-state index is 11.5. The maximum atomic E-state index is 11.5. The molecule has 0 bridgehead atoms. The minimum Gasteiger partial charge on any atom is -0.462 e. The molecule has 0 aromatic rings. The van der Waals surface area contributed by atoms with E-state index >= 15 is 0 Å². The van der Waals surface area contributed by atoms with Gasteiger partial charge in [-0.05, 0) is 12.8 Å². The van der Waals surface area contributed by atoms with Crippen LogP contribution in [0.4, 0.5) is 0 Å². The van der Waals surface area contributed by atoms with Crippen LogP contribution in [-0.2, 0) is 9.53 Å². The number of aliphatic hydroxyl groups excluding tert-OH is 1. The van der Waals surface area contributed by atoms with Crippen LogP contribution < -0.4 is 0 Å². The SMILES string of the molecule is CCC1(CC)CC(CCO)OC1=O. The molecule has 1 aliphatic rings. The number of rotatable bonds is 4. The van der Waals surface area contributed by atoms with Crippen molar-refractivity contribution in [1.29, 1.82) is 0 Å². The van der Waals surface area contributed by atoms with Gasteiger partial charge in [-0.3, -0.25) is 4.79 Å². The lowest BCUT2D eigenvalue weighted by Crippen LogP contribution is -2.24. The fourth-order valence-electron chi connectivity index (χ4n) is 1.97. The molecule has 0 radical (unpaired) electrons. The topological polar surface area (TPSA) is 46.5 Å². The van der Waals surface area contributed by atoms with Crippen LogP contribution >= 0.6 is 0 Å². The van der Waals surface area contributed by atoms with Gasteiger partial charge in [0.25, 0.3) is 0 Å². The molecule has 76 valence electrons. The third-order valence-corrected chi connectivity index (χ3v) is 3.13. The van der Waals surface area contributed by atoms with E-state index in [1.54, 1.807) is 0 Å². The number of ether oxygens (including phenoxy) is 1. The molecule has 1 fully saturated rings. The highest BCUT2D eigenvalue weighted by Crippen LogP contribution is 2.40. The zero-order chi connectivity index (χ0) is 9.90. The van der Waals surface area contributed by atoms with Crippen molar-refractivity contribution >= 4 is 5.97 Å². The second kappa shape index (κ2) is 4.09. The molecule has 1 heterocycles. The van der Waals surface area contributed by atoms with Gasteiger partial charge in [-0.25, -0.2) is 0 Å². The molecule has 1 atom stereocenters. The van der Waals surface area contributed by atoms with Crippen LogP contribution in [0.3, 0.4) is 0 Å². The van der Waals surface area contributed by atoms with E-state index in [0.29, 0.717) is 6.42 Å². The van der Waals surface area contributed by atoms with Gasteiger partial charge in [0.1, 0.15) is 6.10 Å². The summed E-state index contributed by atoms with van der Waals surface area (Å²) >= 11 is 0. The number of aliphatic hydroxyl groups is 1. The Labute approximate surface area is 79.1 Å². The van der Waals surface area contributed by atoms with Crippen molar-refractivity contribution in [2.24, 2.45) is 5.41 Å². The molecule has 0 saturated carbocycles. The average Bonchev–Trinajstić information content (AvgIpc) is 2.44. The molecule has 1 aliphatic heterocycles. The van der Waals surface area contributed by atoms with Gasteiger partial charge in [-0.1, -0.05) is 13.8 Å². The lowest BCUT2D eigenvalue weighted by molar-refractivity contribution is -0.149. The molecule has 0 aromatic carbocycles. The van der Waals surface area contributed by atoms with E-state index in [2.05, 4.69) is 0 Å². The van der Waals surface area contributed by atoms with E-state index in [9.17, 15) is 4.79 Å². The van der Waals surface area contributed by atoms with Crippen molar-refractivity contribution in [3.63, 3.8) is 0 Å². The first-order chi connectivity index (χ1) is 6.18. The van der Waals surface area contributed by atoms with Gasteiger partial charge >= 0.3 is 5.97 Å². The van der Waals surface area contributed by atoms with Crippen LogP contribution in [0.5, 0.6) is 0 Å². The molecular formula is C10H18O3. The molecule has 0 aromatic heterocycles. The first kappa shape index (κ1) is 10.5. The van der Waals surface area contributed by atoms with Crippen molar-refractivity contribution in [3.8, 4) is 0 Å². The Hall–Kier alpha value is -0.570. The average molecular weight is 186 g/mol. The molecule has 1 unspecified atom stereocenters. The zero-order valence-electron chi connectivity index (χ0n) is 8.38. The standard InChI is InChI=1S/C10H18O3/c1-3-10(4-2)7-8(5-6-11)13-9(10)12/h8,11H,3-7H2,1-2H3. The van der Waals surface area contributed by atoms with Gasteiger partial charge in [-0.15, -0.1) is 0 Å². The summed E-state index contributed by atoms with van der Waals surface area (Å²) in [6, 6.07) is 0. The third-order valence-electron chi connectivity index (χ3n) is 3.13. The Bertz CT molecular complexity index is 185. The number of carbonyl (C=O) groups is 1. The van der Waals surface area contributed by atoms with E-state index in [0.717, 1.165) is 19.3 Å². The summed E-state index contributed by atoms with van der Waals surface area (Å²) in [6.07, 6.45) is 2.97. The van der Waals surface area contributed by atoms with E-state index in [-0.39, 0.29) is 24.1 Å². The lowest BCUT2D eigenvalue weighted by atomic mass is 9.79. The fourth-order valence-corrected chi connectivity index (χ4v) is 1.97. The van der Waals surface area contributed by atoms with E-state index in [4.69, 9.17) is 9.84 Å². The van der Waals surface area contributed by atoms with Crippen molar-refractivity contribution < 1.29 is 14.6 Å². The summed E-state index contributed by atoms with van der Waals surface area (Å²) in [5.74, 6) is -0.0732. The molecule has 1 N–H and O–H groups in total. The van der Waals surface area contributed by atoms with E-state index < -0.39 is 0 Å².